The van der Waals surface area contributed by atoms with E-state index in [1.165, 1.54) is 11.6 Å². The molecular weight excluding hydrogens is 232 g/mol. The second-order valence-electron chi connectivity index (χ2n) is 1.92. The van der Waals surface area contributed by atoms with Crippen LogP contribution in [0.1, 0.15) is 6.92 Å². The van der Waals surface area contributed by atoms with E-state index in [9.17, 15) is 13.2 Å². The van der Waals surface area contributed by atoms with E-state index in [1.807, 2.05) is 5.43 Å². The molecule has 0 spiro atoms. The van der Waals surface area contributed by atoms with E-state index in [0.717, 1.165) is 0 Å². The summed E-state index contributed by atoms with van der Waals surface area (Å²) < 4.78 is 27.7. The fourth-order valence-electron chi connectivity index (χ4n) is 0.413. The van der Waals surface area contributed by atoms with Gasteiger partial charge in [-0.05, 0) is 19.1 Å². The molecule has 0 unspecified atom stereocenters. The van der Waals surface area contributed by atoms with Gasteiger partial charge in [0.05, 0.1) is 6.61 Å². The average Bonchev–Trinajstić information content (AvgIpc) is 2.00. The average molecular weight is 242 g/mol. The van der Waals surface area contributed by atoms with Crippen molar-refractivity contribution in [2.24, 2.45) is 5.73 Å². The lowest BCUT2D eigenvalue weighted by atomic mass is 10.9. The summed E-state index contributed by atoms with van der Waals surface area (Å²) in [5.74, 6) is 0. The van der Waals surface area contributed by atoms with Crippen LogP contribution in [-0.2, 0) is 14.9 Å². The van der Waals surface area contributed by atoms with Gasteiger partial charge >= 0.3 is 16.3 Å². The third-order valence-corrected chi connectivity index (χ3v) is 1.71. The van der Waals surface area contributed by atoms with Gasteiger partial charge in [-0.25, -0.2) is 9.52 Å². The van der Waals surface area contributed by atoms with Crippen LogP contribution >= 0.6 is 12.2 Å². The van der Waals surface area contributed by atoms with Gasteiger partial charge in [0.2, 0.25) is 0 Å². The second-order valence-corrected chi connectivity index (χ2v) is 3.77. The zero-order chi connectivity index (χ0) is 11.2. The second kappa shape index (κ2) is 5.57. The molecule has 14 heavy (non-hydrogen) atoms. The van der Waals surface area contributed by atoms with Gasteiger partial charge in [-0.15, -0.1) is 4.83 Å². The largest absolute Gasteiger partial charge is 0.449 e. The van der Waals surface area contributed by atoms with Crippen LogP contribution in [0.5, 0.6) is 0 Å². The summed E-state index contributed by atoms with van der Waals surface area (Å²) in [6.07, 6.45) is -1.09. The van der Waals surface area contributed by atoms with Crippen LogP contribution in [0.15, 0.2) is 0 Å². The summed E-state index contributed by atoms with van der Waals surface area (Å²) >= 11 is 4.32. The van der Waals surface area contributed by atoms with Crippen molar-refractivity contribution in [3.8, 4) is 0 Å². The first-order chi connectivity index (χ1) is 6.37. The van der Waals surface area contributed by atoms with Crippen LogP contribution in [0.3, 0.4) is 0 Å². The van der Waals surface area contributed by atoms with E-state index in [1.54, 1.807) is 4.83 Å². The molecule has 1 amide bonds. The van der Waals surface area contributed by atoms with Crippen molar-refractivity contribution in [1.82, 2.24) is 15.0 Å². The number of carbonyl (C=O) groups is 1. The Balaban J connectivity index is 4.08. The minimum Gasteiger partial charge on any atom is -0.449 e. The van der Waals surface area contributed by atoms with Crippen LogP contribution in [0, 0.1) is 0 Å². The SMILES string of the molecule is CCOC(=O)NS(=O)(=O)NNC(N)=S. The third-order valence-electron chi connectivity index (χ3n) is 0.802. The molecule has 0 atom stereocenters. The number of rotatable bonds is 4. The summed E-state index contributed by atoms with van der Waals surface area (Å²) in [7, 11) is -4.05. The zero-order valence-electron chi connectivity index (χ0n) is 7.23. The van der Waals surface area contributed by atoms with E-state index in [4.69, 9.17) is 5.73 Å². The van der Waals surface area contributed by atoms with Crippen molar-refractivity contribution in [2.75, 3.05) is 6.61 Å². The highest BCUT2D eigenvalue weighted by atomic mass is 32.2. The maximum atomic E-state index is 10.9. The number of amides is 1. The number of ether oxygens (including phenoxy) is 1. The first kappa shape index (κ1) is 12.9. The van der Waals surface area contributed by atoms with Crippen molar-refractivity contribution in [2.45, 2.75) is 6.92 Å². The molecule has 0 aliphatic carbocycles. The Morgan fingerprint density at radius 3 is 2.57 bits per heavy atom. The molecule has 0 aromatic carbocycles. The topological polar surface area (TPSA) is 123 Å². The van der Waals surface area contributed by atoms with Gasteiger partial charge in [0.15, 0.2) is 5.11 Å². The molecule has 0 aliphatic heterocycles. The molecule has 8 nitrogen and oxygen atoms in total. The molecule has 0 aliphatic rings. The van der Waals surface area contributed by atoms with Crippen molar-refractivity contribution < 1.29 is 17.9 Å². The fourth-order valence-corrected chi connectivity index (χ4v) is 1.10. The van der Waals surface area contributed by atoms with Crippen molar-refractivity contribution in [1.29, 1.82) is 0 Å². The van der Waals surface area contributed by atoms with Gasteiger partial charge in [0, 0.05) is 0 Å². The lowest BCUT2D eigenvalue weighted by Crippen LogP contribution is -2.50. The lowest BCUT2D eigenvalue weighted by molar-refractivity contribution is 0.158. The molecule has 0 bridgehead atoms. The van der Waals surface area contributed by atoms with E-state index in [0.29, 0.717) is 0 Å². The van der Waals surface area contributed by atoms with Crippen LogP contribution in [-0.4, -0.2) is 26.2 Å². The van der Waals surface area contributed by atoms with E-state index >= 15 is 0 Å². The standard InChI is InChI=1S/C4H10N4O4S2/c1-2-12-4(9)7-14(10,11)8-6-3(5)13/h8H,2H2,1H3,(H,7,9)(H3,5,6,13). The highest BCUT2D eigenvalue weighted by Gasteiger charge is 2.13. The van der Waals surface area contributed by atoms with Gasteiger partial charge < -0.3 is 10.5 Å². The van der Waals surface area contributed by atoms with E-state index in [-0.39, 0.29) is 11.7 Å². The van der Waals surface area contributed by atoms with Gasteiger partial charge in [-0.1, -0.05) is 0 Å². The highest BCUT2D eigenvalue weighted by Crippen LogP contribution is 1.80. The minimum absolute atomic E-state index is 0.0596. The molecule has 5 N–H and O–H groups in total. The maximum Gasteiger partial charge on any atom is 0.421 e. The van der Waals surface area contributed by atoms with Gasteiger partial charge in [0.1, 0.15) is 0 Å². The molecule has 10 heteroatoms. The predicted molar refractivity (Wildman–Crippen MR) is 52.1 cm³/mol. The van der Waals surface area contributed by atoms with Crippen LogP contribution in [0.4, 0.5) is 4.79 Å². The lowest BCUT2D eigenvalue weighted by Gasteiger charge is -2.08. The quantitative estimate of drug-likeness (QED) is 0.343. The van der Waals surface area contributed by atoms with Crippen molar-refractivity contribution in [3.63, 3.8) is 0 Å². The Labute approximate surface area is 86.3 Å². The number of nitrogens with one attached hydrogen (secondary N) is 3. The summed E-state index contributed by atoms with van der Waals surface area (Å²) in [5, 5.41) is -0.278. The molecule has 0 saturated carbocycles. The maximum absolute atomic E-state index is 10.9. The Morgan fingerprint density at radius 1 is 1.57 bits per heavy atom. The molecule has 0 aromatic heterocycles. The predicted octanol–water partition coefficient (Wildman–Crippen LogP) is -1.68. The normalized spacial score (nSPS) is 10.4. The molecule has 0 heterocycles. The Morgan fingerprint density at radius 2 is 2.14 bits per heavy atom. The van der Waals surface area contributed by atoms with E-state index < -0.39 is 16.3 Å². The summed E-state index contributed by atoms with van der Waals surface area (Å²) in [6.45, 7) is 1.59. The summed E-state index contributed by atoms with van der Waals surface area (Å²) in [5.41, 5.74) is 6.87. The number of hydrazine groups is 1. The minimum atomic E-state index is -4.05. The van der Waals surface area contributed by atoms with Gasteiger partial charge in [-0.2, -0.15) is 8.42 Å². The number of nitrogens with two attached hydrogens (primary N) is 1. The number of thiocarbonyl (C=S) groups is 1. The van der Waals surface area contributed by atoms with Crippen molar-refractivity contribution in [3.05, 3.63) is 0 Å². The summed E-state index contributed by atoms with van der Waals surface area (Å²) in [4.78, 5) is 12.4. The summed E-state index contributed by atoms with van der Waals surface area (Å²) in [6, 6.07) is 0. The van der Waals surface area contributed by atoms with Crippen LogP contribution < -0.4 is 20.7 Å². The fraction of sp³-hybridized carbons (Fsp3) is 0.500. The molecule has 0 saturated heterocycles. The smallest absolute Gasteiger partial charge is 0.421 e. The number of hydrogen-bond donors (Lipinski definition) is 4. The molecule has 0 rings (SSSR count). The Hall–Kier alpha value is -1.13. The molecule has 82 valence electrons. The van der Waals surface area contributed by atoms with Crippen LogP contribution in [0.25, 0.3) is 0 Å². The van der Waals surface area contributed by atoms with Crippen molar-refractivity contribution >= 4 is 33.6 Å². The van der Waals surface area contributed by atoms with Gasteiger partial charge in [0.25, 0.3) is 0 Å². The Bertz CT molecular complexity index is 313. The first-order valence-corrected chi connectivity index (χ1v) is 5.28. The molecule has 0 aromatic rings. The third kappa shape index (κ3) is 6.39. The highest BCUT2D eigenvalue weighted by molar-refractivity contribution is 7.88. The molecular formula is C4H10N4O4S2. The first-order valence-electron chi connectivity index (χ1n) is 3.39. The van der Waals surface area contributed by atoms with E-state index in [2.05, 4.69) is 17.0 Å². The number of hydrogen-bond acceptors (Lipinski definition) is 5. The molecule has 0 radical (unpaired) electrons. The monoisotopic (exact) mass is 242 g/mol. The Kier molecular flexibility index (Phi) is 5.12. The number of carbonyl (C=O) groups excluding carboxylic acids is 1. The zero-order valence-corrected chi connectivity index (χ0v) is 8.87. The van der Waals surface area contributed by atoms with Crippen LogP contribution in [0.2, 0.25) is 0 Å². The van der Waals surface area contributed by atoms with Gasteiger partial charge in [-0.3, -0.25) is 5.43 Å². The molecule has 0 fully saturated rings.